The molecule has 1 amide bonds. The molecule has 0 bridgehead atoms. The van der Waals surface area contributed by atoms with Crippen LogP contribution in [0.3, 0.4) is 0 Å². The van der Waals surface area contributed by atoms with E-state index in [4.69, 9.17) is 9.57 Å². The summed E-state index contributed by atoms with van der Waals surface area (Å²) in [6.07, 6.45) is 10.6. The van der Waals surface area contributed by atoms with Crippen molar-refractivity contribution in [1.82, 2.24) is 19.9 Å². The number of carbonyl (C=O) groups excluding carboxylic acids is 2. The standard InChI is InChI=1S/C23H32N4O4/c28-22(25-12-6-1-2-7-14-26-17-13-24-19-26)21-10-15-27(16-11-21)31-23(29)30-18-20-8-4-3-5-9-20/h3-5,8-9,13,17,19,21H,1-2,6-7,10-12,14-16,18H2,(H,25,28). The van der Waals surface area contributed by atoms with Crippen LogP contribution in [0.15, 0.2) is 49.1 Å². The highest BCUT2D eigenvalue weighted by Crippen LogP contribution is 2.18. The second-order valence-electron chi connectivity index (χ2n) is 7.82. The Hall–Kier alpha value is -2.87. The van der Waals surface area contributed by atoms with Gasteiger partial charge in [0.25, 0.3) is 0 Å². The molecular weight excluding hydrogens is 396 g/mol. The number of carbonyl (C=O) groups is 2. The molecule has 31 heavy (non-hydrogen) atoms. The molecule has 3 rings (SSSR count). The number of ether oxygens (including phenoxy) is 1. The monoisotopic (exact) mass is 428 g/mol. The third-order valence-corrected chi connectivity index (χ3v) is 5.43. The van der Waals surface area contributed by atoms with Crippen LogP contribution in [0.4, 0.5) is 4.79 Å². The fraction of sp³-hybridized carbons (Fsp3) is 0.522. The van der Waals surface area contributed by atoms with E-state index >= 15 is 0 Å². The minimum Gasteiger partial charge on any atom is -0.428 e. The van der Waals surface area contributed by atoms with E-state index in [0.717, 1.165) is 37.8 Å². The SMILES string of the molecule is O=C(OCc1ccccc1)ON1CCC(C(=O)NCCCCCCn2ccnc2)CC1. The molecule has 0 saturated carbocycles. The smallest absolute Gasteiger partial charge is 0.428 e. The van der Waals surface area contributed by atoms with Gasteiger partial charge in [0.1, 0.15) is 6.61 Å². The van der Waals surface area contributed by atoms with Gasteiger partial charge in [-0.3, -0.25) is 4.79 Å². The van der Waals surface area contributed by atoms with Crippen LogP contribution in [-0.2, 0) is 27.5 Å². The highest BCUT2D eigenvalue weighted by Gasteiger charge is 2.27. The second-order valence-corrected chi connectivity index (χ2v) is 7.82. The average Bonchev–Trinajstić information content (AvgIpc) is 3.32. The zero-order valence-electron chi connectivity index (χ0n) is 17.9. The molecular formula is C23H32N4O4. The number of aromatic nitrogens is 2. The van der Waals surface area contributed by atoms with Gasteiger partial charge in [-0.1, -0.05) is 43.2 Å². The van der Waals surface area contributed by atoms with E-state index in [0.29, 0.717) is 32.5 Å². The summed E-state index contributed by atoms with van der Waals surface area (Å²) in [5.74, 6) is 0.0751. The number of imidazole rings is 1. The van der Waals surface area contributed by atoms with Crippen molar-refractivity contribution in [3.8, 4) is 0 Å². The lowest BCUT2D eigenvalue weighted by molar-refractivity contribution is -0.150. The van der Waals surface area contributed by atoms with Gasteiger partial charge in [0, 0.05) is 44.5 Å². The highest BCUT2D eigenvalue weighted by atomic mass is 16.8. The quantitative estimate of drug-likeness (QED) is 0.435. The van der Waals surface area contributed by atoms with Gasteiger partial charge in [-0.2, -0.15) is 0 Å². The molecule has 1 N–H and O–H groups in total. The molecule has 8 heteroatoms. The largest absolute Gasteiger partial charge is 0.528 e. The maximum absolute atomic E-state index is 12.4. The van der Waals surface area contributed by atoms with Crippen LogP contribution in [0.2, 0.25) is 0 Å². The maximum Gasteiger partial charge on any atom is 0.528 e. The van der Waals surface area contributed by atoms with Crippen molar-refractivity contribution < 1.29 is 19.2 Å². The molecule has 1 aromatic heterocycles. The fourth-order valence-corrected chi connectivity index (χ4v) is 3.61. The fourth-order valence-electron chi connectivity index (χ4n) is 3.61. The Morgan fingerprint density at radius 1 is 1.06 bits per heavy atom. The highest BCUT2D eigenvalue weighted by molar-refractivity contribution is 5.78. The zero-order chi connectivity index (χ0) is 21.7. The lowest BCUT2D eigenvalue weighted by Gasteiger charge is -2.29. The third kappa shape index (κ3) is 8.41. The molecule has 0 atom stereocenters. The number of unbranched alkanes of at least 4 members (excludes halogenated alkanes) is 3. The van der Waals surface area contributed by atoms with Gasteiger partial charge in [-0.05, 0) is 31.2 Å². The van der Waals surface area contributed by atoms with Gasteiger partial charge < -0.3 is 19.5 Å². The molecule has 0 radical (unpaired) electrons. The van der Waals surface area contributed by atoms with E-state index in [1.54, 1.807) is 11.3 Å². The van der Waals surface area contributed by atoms with Crippen molar-refractivity contribution >= 4 is 12.1 Å². The Kier molecular flexibility index (Phi) is 9.37. The molecule has 0 aliphatic carbocycles. The number of hydrogen-bond acceptors (Lipinski definition) is 6. The van der Waals surface area contributed by atoms with Crippen molar-refractivity contribution in [2.45, 2.75) is 51.7 Å². The van der Waals surface area contributed by atoms with E-state index in [2.05, 4.69) is 14.9 Å². The van der Waals surface area contributed by atoms with Crippen LogP contribution < -0.4 is 5.32 Å². The van der Waals surface area contributed by atoms with Crippen molar-refractivity contribution in [3.63, 3.8) is 0 Å². The predicted octanol–water partition coefficient (Wildman–Crippen LogP) is 3.54. The summed E-state index contributed by atoms with van der Waals surface area (Å²) in [6, 6.07) is 9.47. The molecule has 168 valence electrons. The van der Waals surface area contributed by atoms with Crippen molar-refractivity contribution in [3.05, 3.63) is 54.6 Å². The van der Waals surface area contributed by atoms with Crippen LogP contribution in [0.5, 0.6) is 0 Å². The Balaban J connectivity index is 1.20. The minimum absolute atomic E-state index is 0.0265. The van der Waals surface area contributed by atoms with Crippen LogP contribution in [0.1, 0.15) is 44.1 Å². The number of rotatable bonds is 11. The van der Waals surface area contributed by atoms with Gasteiger partial charge in [-0.25, -0.2) is 9.78 Å². The molecule has 1 saturated heterocycles. The van der Waals surface area contributed by atoms with E-state index in [9.17, 15) is 9.59 Å². The van der Waals surface area contributed by atoms with Crippen LogP contribution in [-0.4, -0.2) is 46.3 Å². The van der Waals surface area contributed by atoms with Gasteiger partial charge in [-0.15, -0.1) is 5.06 Å². The number of amides is 1. The van der Waals surface area contributed by atoms with Crippen molar-refractivity contribution in [2.75, 3.05) is 19.6 Å². The number of hydroxylamine groups is 2. The van der Waals surface area contributed by atoms with E-state index in [-0.39, 0.29) is 18.4 Å². The van der Waals surface area contributed by atoms with Crippen LogP contribution >= 0.6 is 0 Å². The van der Waals surface area contributed by atoms with Crippen LogP contribution in [0.25, 0.3) is 0 Å². The topological polar surface area (TPSA) is 85.7 Å². The number of nitrogens with zero attached hydrogens (tertiary/aromatic N) is 3. The lowest BCUT2D eigenvalue weighted by Crippen LogP contribution is -2.41. The molecule has 1 fully saturated rings. The Morgan fingerprint density at radius 3 is 2.58 bits per heavy atom. The Bertz CT molecular complexity index is 774. The molecule has 1 aliphatic rings. The van der Waals surface area contributed by atoms with Gasteiger partial charge in [0.15, 0.2) is 0 Å². The molecule has 0 unspecified atom stereocenters. The number of aryl methyl sites for hydroxylation is 1. The molecule has 2 aromatic rings. The summed E-state index contributed by atoms with van der Waals surface area (Å²) in [7, 11) is 0. The lowest BCUT2D eigenvalue weighted by atomic mass is 9.97. The van der Waals surface area contributed by atoms with Gasteiger partial charge in [0.05, 0.1) is 6.33 Å². The summed E-state index contributed by atoms with van der Waals surface area (Å²) in [5, 5.41) is 4.63. The molecule has 2 heterocycles. The summed E-state index contributed by atoms with van der Waals surface area (Å²) in [5.41, 5.74) is 0.910. The Labute approximate surface area is 183 Å². The van der Waals surface area contributed by atoms with E-state index in [1.165, 1.54) is 0 Å². The molecule has 0 spiro atoms. The summed E-state index contributed by atoms with van der Waals surface area (Å²) < 4.78 is 7.22. The van der Waals surface area contributed by atoms with E-state index < -0.39 is 6.16 Å². The van der Waals surface area contributed by atoms with E-state index in [1.807, 2.05) is 42.9 Å². The average molecular weight is 429 g/mol. The first kappa shape index (κ1) is 22.8. The summed E-state index contributed by atoms with van der Waals surface area (Å²) in [6.45, 7) is 2.96. The minimum atomic E-state index is -0.709. The summed E-state index contributed by atoms with van der Waals surface area (Å²) >= 11 is 0. The molecule has 8 nitrogen and oxygen atoms in total. The maximum atomic E-state index is 12.4. The first-order chi connectivity index (χ1) is 15.2. The first-order valence-electron chi connectivity index (χ1n) is 11.1. The van der Waals surface area contributed by atoms with Crippen molar-refractivity contribution in [1.29, 1.82) is 0 Å². The van der Waals surface area contributed by atoms with Gasteiger partial charge in [0.2, 0.25) is 5.91 Å². The number of benzene rings is 1. The normalized spacial score (nSPS) is 14.8. The number of hydrogen-bond donors (Lipinski definition) is 1. The molecule has 1 aromatic carbocycles. The predicted molar refractivity (Wildman–Crippen MR) is 116 cm³/mol. The van der Waals surface area contributed by atoms with Gasteiger partial charge >= 0.3 is 6.16 Å². The third-order valence-electron chi connectivity index (χ3n) is 5.43. The first-order valence-corrected chi connectivity index (χ1v) is 11.1. The Morgan fingerprint density at radius 2 is 1.84 bits per heavy atom. The number of piperidine rings is 1. The zero-order valence-corrected chi connectivity index (χ0v) is 17.9. The van der Waals surface area contributed by atoms with Crippen molar-refractivity contribution in [2.24, 2.45) is 5.92 Å². The second kappa shape index (κ2) is 12.7. The summed E-state index contributed by atoms with van der Waals surface area (Å²) in [4.78, 5) is 33.5. The molecule has 1 aliphatic heterocycles. The van der Waals surface area contributed by atoms with Crippen LogP contribution in [0, 0.1) is 5.92 Å². The number of nitrogens with one attached hydrogen (secondary N) is 1.